The zero-order valence-electron chi connectivity index (χ0n) is 13.5. The Morgan fingerprint density at radius 1 is 1.35 bits per heavy atom. The maximum Gasteiger partial charge on any atom is 0.252 e. The van der Waals surface area contributed by atoms with Crippen LogP contribution in [0.1, 0.15) is 47.7 Å². The number of aryl methyl sites for hydroxylation is 2. The van der Waals surface area contributed by atoms with Gasteiger partial charge in [-0.3, -0.25) is 4.79 Å². The average molecular weight is 314 g/mol. The van der Waals surface area contributed by atoms with Crippen LogP contribution < -0.4 is 5.32 Å². The largest absolute Gasteiger partial charge is 0.345 e. The standard InChI is InChI=1S/C15H18N6O2/c1-8(2)21-14-12(6-17-21)11(5-9(3)18-14)15(22)16-7-13-19-10(4)23-20-13/h5-6,8H,7H2,1-4H3,(H,16,22). The number of nitrogens with one attached hydrogen (secondary N) is 1. The van der Waals surface area contributed by atoms with Gasteiger partial charge < -0.3 is 9.84 Å². The summed E-state index contributed by atoms with van der Waals surface area (Å²) in [4.78, 5) is 21.1. The molecule has 23 heavy (non-hydrogen) atoms. The zero-order valence-corrected chi connectivity index (χ0v) is 13.5. The summed E-state index contributed by atoms with van der Waals surface area (Å²) in [6.07, 6.45) is 1.68. The van der Waals surface area contributed by atoms with Gasteiger partial charge in [0.2, 0.25) is 5.89 Å². The maximum atomic E-state index is 12.5. The molecule has 0 saturated carbocycles. The summed E-state index contributed by atoms with van der Waals surface area (Å²) in [7, 11) is 0. The number of rotatable bonds is 4. The number of nitrogens with zero attached hydrogens (tertiary/aromatic N) is 5. The second kappa shape index (κ2) is 5.79. The fraction of sp³-hybridized carbons (Fsp3) is 0.400. The normalized spacial score (nSPS) is 11.3. The topological polar surface area (TPSA) is 98.7 Å². The van der Waals surface area contributed by atoms with Crippen molar-refractivity contribution in [2.75, 3.05) is 0 Å². The van der Waals surface area contributed by atoms with Gasteiger partial charge in [-0.15, -0.1) is 0 Å². The number of carbonyl (C=O) groups is 1. The monoisotopic (exact) mass is 314 g/mol. The van der Waals surface area contributed by atoms with Crippen LogP contribution in [0.3, 0.4) is 0 Å². The van der Waals surface area contributed by atoms with E-state index in [1.807, 2.05) is 25.5 Å². The first-order valence-corrected chi connectivity index (χ1v) is 7.38. The van der Waals surface area contributed by atoms with Crippen molar-refractivity contribution in [2.24, 2.45) is 0 Å². The van der Waals surface area contributed by atoms with Crippen molar-refractivity contribution in [2.45, 2.75) is 40.3 Å². The molecule has 0 unspecified atom stereocenters. The van der Waals surface area contributed by atoms with Gasteiger partial charge in [0.15, 0.2) is 11.5 Å². The molecule has 0 atom stereocenters. The molecule has 0 spiro atoms. The maximum absolute atomic E-state index is 12.5. The molecule has 3 aromatic heterocycles. The Morgan fingerprint density at radius 2 is 2.13 bits per heavy atom. The molecular weight excluding hydrogens is 296 g/mol. The van der Waals surface area contributed by atoms with E-state index < -0.39 is 0 Å². The number of amides is 1. The highest BCUT2D eigenvalue weighted by Crippen LogP contribution is 2.21. The number of fused-ring (bicyclic) bond motifs is 1. The molecule has 0 bridgehead atoms. The molecule has 0 aliphatic carbocycles. The van der Waals surface area contributed by atoms with Gasteiger partial charge in [0.25, 0.3) is 5.91 Å². The van der Waals surface area contributed by atoms with Gasteiger partial charge in [-0.2, -0.15) is 10.1 Å². The van der Waals surface area contributed by atoms with Gasteiger partial charge in [0.05, 0.1) is 23.7 Å². The Hall–Kier alpha value is -2.77. The van der Waals surface area contributed by atoms with E-state index in [0.29, 0.717) is 22.9 Å². The van der Waals surface area contributed by atoms with Gasteiger partial charge in [-0.1, -0.05) is 5.16 Å². The molecule has 0 aromatic carbocycles. The van der Waals surface area contributed by atoms with Gasteiger partial charge in [-0.25, -0.2) is 9.67 Å². The third-order valence-corrected chi connectivity index (χ3v) is 3.41. The summed E-state index contributed by atoms with van der Waals surface area (Å²) in [5.74, 6) is 0.691. The summed E-state index contributed by atoms with van der Waals surface area (Å²) < 4.78 is 6.69. The van der Waals surface area contributed by atoms with Crippen LogP contribution in [0.2, 0.25) is 0 Å². The van der Waals surface area contributed by atoms with Crippen molar-refractivity contribution in [1.29, 1.82) is 0 Å². The summed E-state index contributed by atoms with van der Waals surface area (Å²) >= 11 is 0. The Morgan fingerprint density at radius 3 is 2.78 bits per heavy atom. The zero-order chi connectivity index (χ0) is 16.6. The molecule has 3 aromatic rings. The summed E-state index contributed by atoms with van der Waals surface area (Å²) in [5.41, 5.74) is 2.01. The van der Waals surface area contributed by atoms with Crippen LogP contribution >= 0.6 is 0 Å². The van der Waals surface area contributed by atoms with Crippen molar-refractivity contribution in [1.82, 2.24) is 30.2 Å². The van der Waals surface area contributed by atoms with Gasteiger partial charge in [0.1, 0.15) is 0 Å². The van der Waals surface area contributed by atoms with Crippen LogP contribution in [0.25, 0.3) is 11.0 Å². The Labute approximate surface area is 132 Å². The van der Waals surface area contributed by atoms with Gasteiger partial charge in [-0.05, 0) is 26.8 Å². The highest BCUT2D eigenvalue weighted by molar-refractivity contribution is 6.05. The molecule has 3 rings (SSSR count). The van der Waals surface area contributed by atoms with E-state index in [1.54, 1.807) is 19.2 Å². The molecule has 0 radical (unpaired) electrons. The highest BCUT2D eigenvalue weighted by atomic mass is 16.5. The minimum atomic E-state index is -0.216. The molecule has 0 aliphatic heterocycles. The third kappa shape index (κ3) is 2.92. The Bertz CT molecular complexity index is 864. The Balaban J connectivity index is 1.90. The lowest BCUT2D eigenvalue weighted by Gasteiger charge is -2.09. The van der Waals surface area contributed by atoms with E-state index in [1.165, 1.54) is 0 Å². The number of carbonyl (C=O) groups excluding carboxylic acids is 1. The molecule has 1 N–H and O–H groups in total. The Kier molecular flexibility index (Phi) is 3.81. The number of hydrogen-bond donors (Lipinski definition) is 1. The first kappa shape index (κ1) is 15.1. The van der Waals surface area contributed by atoms with Crippen molar-refractivity contribution in [3.8, 4) is 0 Å². The minimum Gasteiger partial charge on any atom is -0.345 e. The molecular formula is C15H18N6O2. The smallest absolute Gasteiger partial charge is 0.252 e. The van der Waals surface area contributed by atoms with E-state index in [4.69, 9.17) is 4.52 Å². The molecule has 0 fully saturated rings. The lowest BCUT2D eigenvalue weighted by Crippen LogP contribution is -2.24. The second-order valence-corrected chi connectivity index (χ2v) is 5.64. The minimum absolute atomic E-state index is 0.167. The predicted molar refractivity (Wildman–Crippen MR) is 82.9 cm³/mol. The highest BCUT2D eigenvalue weighted by Gasteiger charge is 2.17. The van der Waals surface area contributed by atoms with E-state index in [2.05, 4.69) is 25.5 Å². The van der Waals surface area contributed by atoms with Crippen LogP contribution in [0.15, 0.2) is 16.8 Å². The summed E-state index contributed by atoms with van der Waals surface area (Å²) in [6, 6.07) is 1.92. The van der Waals surface area contributed by atoms with Crippen LogP contribution in [-0.4, -0.2) is 30.8 Å². The van der Waals surface area contributed by atoms with Gasteiger partial charge >= 0.3 is 0 Å². The molecule has 8 heteroatoms. The first-order valence-electron chi connectivity index (χ1n) is 7.38. The van der Waals surface area contributed by atoms with Crippen LogP contribution in [-0.2, 0) is 6.54 Å². The first-order chi connectivity index (χ1) is 11.0. The predicted octanol–water partition coefficient (Wildman–Crippen LogP) is 1.94. The van der Waals surface area contributed by atoms with E-state index in [9.17, 15) is 4.79 Å². The quantitative estimate of drug-likeness (QED) is 0.790. The SMILES string of the molecule is Cc1cc(C(=O)NCc2noc(C)n2)c2cnn(C(C)C)c2n1. The molecule has 0 saturated heterocycles. The van der Waals surface area contributed by atoms with E-state index in [-0.39, 0.29) is 18.5 Å². The fourth-order valence-electron chi connectivity index (χ4n) is 2.38. The molecule has 3 heterocycles. The van der Waals surface area contributed by atoms with Crippen LogP contribution in [0.5, 0.6) is 0 Å². The summed E-state index contributed by atoms with van der Waals surface area (Å²) in [6.45, 7) is 7.81. The lowest BCUT2D eigenvalue weighted by molar-refractivity contribution is 0.0951. The van der Waals surface area contributed by atoms with Crippen LogP contribution in [0, 0.1) is 13.8 Å². The van der Waals surface area contributed by atoms with E-state index in [0.717, 1.165) is 11.1 Å². The number of pyridine rings is 1. The van der Waals surface area contributed by atoms with Crippen LogP contribution in [0.4, 0.5) is 0 Å². The fourth-order valence-corrected chi connectivity index (χ4v) is 2.38. The third-order valence-electron chi connectivity index (χ3n) is 3.41. The molecule has 120 valence electrons. The molecule has 0 aliphatic rings. The lowest BCUT2D eigenvalue weighted by atomic mass is 10.1. The second-order valence-electron chi connectivity index (χ2n) is 5.64. The van der Waals surface area contributed by atoms with Crippen molar-refractivity contribution in [3.05, 3.63) is 35.2 Å². The molecule has 1 amide bonds. The van der Waals surface area contributed by atoms with Crippen molar-refractivity contribution >= 4 is 16.9 Å². The number of hydrogen-bond acceptors (Lipinski definition) is 6. The van der Waals surface area contributed by atoms with E-state index >= 15 is 0 Å². The van der Waals surface area contributed by atoms with Gasteiger partial charge in [0, 0.05) is 18.7 Å². The van der Waals surface area contributed by atoms with Crippen molar-refractivity contribution < 1.29 is 9.32 Å². The molecule has 8 nitrogen and oxygen atoms in total. The summed E-state index contributed by atoms with van der Waals surface area (Å²) in [5, 5.41) is 11.6. The van der Waals surface area contributed by atoms with Crippen molar-refractivity contribution in [3.63, 3.8) is 0 Å². The number of aromatic nitrogens is 5. The average Bonchev–Trinajstić information content (AvgIpc) is 3.09.